The maximum Gasteiger partial charge on any atom is 0.410 e. The summed E-state index contributed by atoms with van der Waals surface area (Å²) < 4.78 is 17.1. The third-order valence-electron chi connectivity index (χ3n) is 7.58. The predicted octanol–water partition coefficient (Wildman–Crippen LogP) is 6.21. The molecular weight excluding hydrogens is 592 g/mol. The van der Waals surface area contributed by atoms with E-state index >= 15 is 0 Å². The summed E-state index contributed by atoms with van der Waals surface area (Å²) in [5.74, 6) is 3.16. The summed E-state index contributed by atoms with van der Waals surface area (Å²) in [4.78, 5) is 26.9. The molecule has 1 N–H and O–H groups in total. The van der Waals surface area contributed by atoms with Crippen molar-refractivity contribution in [1.29, 1.82) is 0 Å². The van der Waals surface area contributed by atoms with Crippen LogP contribution in [0.1, 0.15) is 31.9 Å². The molecule has 0 atom stereocenters. The fraction of sp³-hybridized carbons (Fsp3) is 0.378. The Hall–Kier alpha value is -4.51. The van der Waals surface area contributed by atoms with Gasteiger partial charge in [0.25, 0.3) is 0 Å². The van der Waals surface area contributed by atoms with Gasteiger partial charge in [-0.1, -0.05) is 24.3 Å². The van der Waals surface area contributed by atoms with E-state index in [0.29, 0.717) is 13.1 Å². The monoisotopic (exact) mass is 638 g/mol. The third kappa shape index (κ3) is 11.7. The first-order valence-electron chi connectivity index (χ1n) is 16.3. The number of hydrogen-bond acceptors (Lipinski definition) is 9. The van der Waals surface area contributed by atoms with Gasteiger partial charge >= 0.3 is 6.09 Å². The molecule has 2 aromatic carbocycles. The Balaban J connectivity index is 0.000000193. The smallest absolute Gasteiger partial charge is 0.410 e. The van der Waals surface area contributed by atoms with Crippen LogP contribution in [0.3, 0.4) is 0 Å². The van der Waals surface area contributed by atoms with Crippen molar-refractivity contribution in [2.24, 2.45) is 0 Å². The molecule has 2 fully saturated rings. The quantitative estimate of drug-likeness (QED) is 0.242. The highest BCUT2D eigenvalue weighted by molar-refractivity contribution is 5.68. The minimum absolute atomic E-state index is 0.228. The molecular formula is C37H46N6O4. The molecule has 1 amide bonds. The number of nitrogens with one attached hydrogen (secondary N) is 1. The van der Waals surface area contributed by atoms with Crippen LogP contribution in [-0.4, -0.2) is 88.7 Å². The molecule has 4 aromatic rings. The first-order chi connectivity index (χ1) is 22.8. The summed E-state index contributed by atoms with van der Waals surface area (Å²) in [6, 6.07) is 23.9. The molecule has 0 bridgehead atoms. The molecule has 10 nitrogen and oxygen atoms in total. The SMILES string of the molecule is CC(C)(C)OC(=O)N1CCN(Cc2cccc(Oc3cccnc3)c2)CC1.c1cncc(Oc2cccc(CN3CCNCC3)c2)c1. The van der Waals surface area contributed by atoms with Crippen LogP contribution < -0.4 is 14.8 Å². The van der Waals surface area contributed by atoms with E-state index in [1.54, 1.807) is 29.7 Å². The molecule has 2 saturated heterocycles. The number of aromatic nitrogens is 2. The lowest BCUT2D eigenvalue weighted by Gasteiger charge is -2.35. The summed E-state index contributed by atoms with van der Waals surface area (Å²) in [5, 5.41) is 3.37. The van der Waals surface area contributed by atoms with Crippen LogP contribution in [0, 0.1) is 0 Å². The highest BCUT2D eigenvalue weighted by Crippen LogP contribution is 2.23. The van der Waals surface area contributed by atoms with Gasteiger partial charge < -0.3 is 24.4 Å². The first-order valence-corrected chi connectivity index (χ1v) is 16.3. The number of piperazine rings is 2. The molecule has 10 heteroatoms. The molecule has 248 valence electrons. The number of hydrogen-bond donors (Lipinski definition) is 1. The maximum atomic E-state index is 12.2. The number of pyridine rings is 2. The van der Waals surface area contributed by atoms with Gasteiger partial charge in [-0.25, -0.2) is 4.79 Å². The van der Waals surface area contributed by atoms with Crippen LogP contribution in [-0.2, 0) is 17.8 Å². The fourth-order valence-corrected chi connectivity index (χ4v) is 5.30. The van der Waals surface area contributed by atoms with Crippen LogP contribution in [0.4, 0.5) is 4.79 Å². The lowest BCUT2D eigenvalue weighted by atomic mass is 10.2. The molecule has 6 rings (SSSR count). The highest BCUT2D eigenvalue weighted by Gasteiger charge is 2.25. The topological polar surface area (TPSA) is 92.3 Å². The van der Waals surface area contributed by atoms with E-state index in [4.69, 9.17) is 14.2 Å². The summed E-state index contributed by atoms with van der Waals surface area (Å²) >= 11 is 0. The second-order valence-corrected chi connectivity index (χ2v) is 12.6. The van der Waals surface area contributed by atoms with Crippen LogP contribution in [0.5, 0.6) is 23.0 Å². The summed E-state index contributed by atoms with van der Waals surface area (Å²) in [6.07, 6.45) is 6.66. The first kappa shape index (κ1) is 33.8. The van der Waals surface area contributed by atoms with Gasteiger partial charge in [0.2, 0.25) is 0 Å². The lowest BCUT2D eigenvalue weighted by Crippen LogP contribution is -2.49. The van der Waals surface area contributed by atoms with Crippen molar-refractivity contribution < 1.29 is 19.0 Å². The van der Waals surface area contributed by atoms with Gasteiger partial charge in [0, 0.05) is 77.8 Å². The zero-order chi connectivity index (χ0) is 32.9. The molecule has 4 heterocycles. The molecule has 47 heavy (non-hydrogen) atoms. The number of nitrogens with zero attached hydrogens (tertiary/aromatic N) is 5. The second-order valence-electron chi connectivity index (χ2n) is 12.6. The van der Waals surface area contributed by atoms with Crippen molar-refractivity contribution in [1.82, 2.24) is 30.0 Å². The average Bonchev–Trinajstić information content (AvgIpc) is 3.06. The third-order valence-corrected chi connectivity index (χ3v) is 7.58. The van der Waals surface area contributed by atoms with Gasteiger partial charge in [-0.3, -0.25) is 19.8 Å². The molecule has 0 saturated carbocycles. The van der Waals surface area contributed by atoms with Crippen molar-refractivity contribution in [3.63, 3.8) is 0 Å². The summed E-state index contributed by atoms with van der Waals surface area (Å²) in [5.41, 5.74) is 2.01. The van der Waals surface area contributed by atoms with Crippen molar-refractivity contribution in [2.45, 2.75) is 39.5 Å². The average molecular weight is 639 g/mol. The highest BCUT2D eigenvalue weighted by atomic mass is 16.6. The van der Waals surface area contributed by atoms with Gasteiger partial charge in [-0.15, -0.1) is 0 Å². The van der Waals surface area contributed by atoms with E-state index in [1.807, 2.05) is 75.4 Å². The minimum atomic E-state index is -0.455. The second kappa shape index (κ2) is 16.9. The Bertz CT molecular complexity index is 1520. The largest absolute Gasteiger partial charge is 0.456 e. The Morgan fingerprint density at radius 1 is 0.681 bits per heavy atom. The van der Waals surface area contributed by atoms with Gasteiger partial charge in [0.15, 0.2) is 0 Å². The van der Waals surface area contributed by atoms with E-state index in [2.05, 4.69) is 43.3 Å². The van der Waals surface area contributed by atoms with Crippen molar-refractivity contribution >= 4 is 6.09 Å². The van der Waals surface area contributed by atoms with Gasteiger partial charge in [-0.2, -0.15) is 0 Å². The van der Waals surface area contributed by atoms with E-state index in [9.17, 15) is 4.79 Å². The number of carbonyl (C=O) groups excluding carboxylic acids is 1. The number of rotatable bonds is 8. The molecule has 2 aliphatic rings. The van der Waals surface area contributed by atoms with E-state index in [1.165, 1.54) is 11.1 Å². The van der Waals surface area contributed by atoms with Crippen LogP contribution in [0.15, 0.2) is 97.6 Å². The van der Waals surface area contributed by atoms with Gasteiger partial charge in [0.05, 0.1) is 12.4 Å². The van der Waals surface area contributed by atoms with Gasteiger partial charge in [0.1, 0.15) is 28.6 Å². The van der Waals surface area contributed by atoms with Crippen molar-refractivity contribution in [3.8, 4) is 23.0 Å². The van der Waals surface area contributed by atoms with Gasteiger partial charge in [-0.05, 0) is 80.4 Å². The van der Waals surface area contributed by atoms with E-state index in [-0.39, 0.29) is 6.09 Å². The fourth-order valence-electron chi connectivity index (χ4n) is 5.30. The van der Waals surface area contributed by atoms with Crippen molar-refractivity contribution in [2.75, 3.05) is 52.4 Å². The Kier molecular flexibility index (Phi) is 12.2. The van der Waals surface area contributed by atoms with Crippen LogP contribution in [0.25, 0.3) is 0 Å². The predicted molar refractivity (Wildman–Crippen MR) is 183 cm³/mol. The molecule has 0 unspecified atom stereocenters. The number of amides is 1. The van der Waals surface area contributed by atoms with E-state index in [0.717, 1.165) is 75.4 Å². The van der Waals surface area contributed by atoms with Crippen LogP contribution >= 0.6 is 0 Å². The normalized spacial score (nSPS) is 15.7. The Labute approximate surface area is 278 Å². The Morgan fingerprint density at radius 3 is 1.64 bits per heavy atom. The van der Waals surface area contributed by atoms with E-state index < -0.39 is 5.60 Å². The van der Waals surface area contributed by atoms with Crippen LogP contribution in [0.2, 0.25) is 0 Å². The summed E-state index contributed by atoms with van der Waals surface area (Å²) in [7, 11) is 0. The minimum Gasteiger partial charge on any atom is -0.456 e. The molecule has 2 aliphatic heterocycles. The number of ether oxygens (including phenoxy) is 3. The molecule has 2 aromatic heterocycles. The lowest BCUT2D eigenvalue weighted by molar-refractivity contribution is 0.0139. The molecule has 0 aliphatic carbocycles. The van der Waals surface area contributed by atoms with Crippen molar-refractivity contribution in [3.05, 3.63) is 109 Å². The molecule has 0 spiro atoms. The zero-order valence-electron chi connectivity index (χ0n) is 27.7. The standard InChI is InChI=1S/C21H27N3O3.C16H19N3O/c1-21(2,3)27-20(25)24-12-10-23(11-13-24)16-17-6-4-7-18(14-17)26-19-8-5-9-22-15-19;1-3-14(13-19-9-7-17-8-10-19)11-15(4-1)20-16-5-2-6-18-12-16/h4-9,14-15H,10-13,16H2,1-3H3;1-6,11-12,17H,7-10,13H2. The summed E-state index contributed by atoms with van der Waals surface area (Å²) in [6.45, 7) is 14.9. The number of benzene rings is 2. The Morgan fingerprint density at radius 2 is 1.17 bits per heavy atom. The zero-order valence-corrected chi connectivity index (χ0v) is 27.7. The number of carbonyl (C=O) groups is 1. The maximum absolute atomic E-state index is 12.2. The molecule has 0 radical (unpaired) electrons.